The number of anilines is 1. The average Bonchev–Trinajstić information content (AvgIpc) is 2.69. The minimum atomic E-state index is -3.79. The van der Waals surface area contributed by atoms with Gasteiger partial charge in [0.25, 0.3) is 10.0 Å². The third-order valence-electron chi connectivity index (χ3n) is 3.84. The smallest absolute Gasteiger partial charge is 0.261 e. The molecule has 0 amide bonds. The molecule has 0 spiro atoms. The highest BCUT2D eigenvalue weighted by Gasteiger charge is 2.16. The van der Waals surface area contributed by atoms with E-state index in [1.54, 1.807) is 36.4 Å². The van der Waals surface area contributed by atoms with Gasteiger partial charge in [0.15, 0.2) is 0 Å². The Labute approximate surface area is 179 Å². The second-order valence-corrected chi connectivity index (χ2v) is 9.22. The monoisotopic (exact) mass is 451 g/mol. The second kappa shape index (κ2) is 8.98. The lowest BCUT2D eigenvalue weighted by Gasteiger charge is -2.10. The molecular formula is C20H19Cl2N3O3S. The Balaban J connectivity index is 1.72. The molecule has 0 bridgehead atoms. The number of hydrogen-bond acceptors (Lipinski definition) is 5. The highest BCUT2D eigenvalue weighted by molar-refractivity contribution is 7.92. The first-order chi connectivity index (χ1) is 13.7. The molecule has 0 fully saturated rings. The predicted molar refractivity (Wildman–Crippen MR) is 115 cm³/mol. The zero-order chi connectivity index (χ0) is 21.0. The van der Waals surface area contributed by atoms with Gasteiger partial charge in [-0.05, 0) is 42.3 Å². The van der Waals surface area contributed by atoms with Crippen LogP contribution in [0.3, 0.4) is 0 Å². The second-order valence-electron chi connectivity index (χ2n) is 6.72. The fourth-order valence-corrected chi connectivity index (χ4v) is 3.82. The van der Waals surface area contributed by atoms with E-state index in [-0.39, 0.29) is 14.9 Å². The summed E-state index contributed by atoms with van der Waals surface area (Å²) in [6.45, 7) is 4.68. The van der Waals surface area contributed by atoms with Crippen LogP contribution in [0.5, 0.6) is 5.88 Å². The molecule has 0 aliphatic carbocycles. The molecule has 1 aromatic heterocycles. The Bertz CT molecular complexity index is 1090. The maximum absolute atomic E-state index is 12.5. The molecule has 9 heteroatoms. The van der Waals surface area contributed by atoms with Crippen molar-refractivity contribution >= 4 is 38.9 Å². The van der Waals surface area contributed by atoms with Gasteiger partial charge in [0.1, 0.15) is 0 Å². The van der Waals surface area contributed by atoms with Gasteiger partial charge in [-0.1, -0.05) is 49.2 Å². The van der Waals surface area contributed by atoms with Crippen LogP contribution in [0.4, 0.5) is 5.69 Å². The first-order valence-corrected chi connectivity index (χ1v) is 11.0. The fraction of sp³-hybridized carbons (Fsp3) is 0.200. The Hall–Kier alpha value is -2.35. The van der Waals surface area contributed by atoms with Crippen LogP contribution in [-0.4, -0.2) is 25.2 Å². The lowest BCUT2D eigenvalue weighted by Crippen LogP contribution is -2.12. The molecule has 6 nitrogen and oxygen atoms in total. The molecule has 3 aromatic rings. The number of benzene rings is 2. The number of nitrogens with zero attached hydrogens (tertiary/aromatic N) is 2. The summed E-state index contributed by atoms with van der Waals surface area (Å²) < 4.78 is 33.1. The first kappa shape index (κ1) is 21.4. The van der Waals surface area contributed by atoms with E-state index in [4.69, 9.17) is 27.9 Å². The van der Waals surface area contributed by atoms with E-state index in [0.29, 0.717) is 29.8 Å². The lowest BCUT2D eigenvalue weighted by molar-refractivity contribution is 0.258. The van der Waals surface area contributed by atoms with Gasteiger partial charge in [-0.2, -0.15) is 0 Å². The summed E-state index contributed by atoms with van der Waals surface area (Å²) in [6.07, 6.45) is 0. The summed E-state index contributed by atoms with van der Waals surface area (Å²) in [4.78, 5) is 0.0267. The third-order valence-corrected chi connectivity index (χ3v) is 5.96. The van der Waals surface area contributed by atoms with Crippen LogP contribution in [-0.2, 0) is 10.0 Å². The number of nitrogens with one attached hydrogen (secondary N) is 1. The van der Waals surface area contributed by atoms with Gasteiger partial charge in [0.05, 0.1) is 27.2 Å². The normalized spacial score (nSPS) is 11.5. The predicted octanol–water partition coefficient (Wildman–Crippen LogP) is 5.29. The molecule has 1 heterocycles. The molecule has 0 saturated heterocycles. The van der Waals surface area contributed by atoms with E-state index in [9.17, 15) is 8.42 Å². The van der Waals surface area contributed by atoms with Crippen LogP contribution in [0.1, 0.15) is 13.8 Å². The van der Waals surface area contributed by atoms with Crippen molar-refractivity contribution in [1.82, 2.24) is 10.2 Å². The fourth-order valence-electron chi connectivity index (χ4n) is 2.37. The van der Waals surface area contributed by atoms with Crippen molar-refractivity contribution in [2.75, 3.05) is 11.3 Å². The quantitative estimate of drug-likeness (QED) is 0.527. The number of rotatable bonds is 7. The van der Waals surface area contributed by atoms with Gasteiger partial charge >= 0.3 is 0 Å². The standard InChI is InChI=1S/C20H19Cl2N3O3S/c1-13(2)12-28-20-10-9-19(23-24-20)14-3-5-15(6-4-14)25-29(26,27)16-7-8-17(21)18(22)11-16/h3-11,13,25H,12H2,1-2H3. The molecule has 0 aliphatic heterocycles. The summed E-state index contributed by atoms with van der Waals surface area (Å²) >= 11 is 11.8. The van der Waals surface area contributed by atoms with E-state index in [2.05, 4.69) is 28.8 Å². The van der Waals surface area contributed by atoms with Gasteiger partial charge < -0.3 is 4.74 Å². The van der Waals surface area contributed by atoms with Gasteiger partial charge in [-0.15, -0.1) is 10.2 Å². The van der Waals surface area contributed by atoms with Gasteiger partial charge in [0.2, 0.25) is 5.88 Å². The van der Waals surface area contributed by atoms with Crippen molar-refractivity contribution in [2.24, 2.45) is 5.92 Å². The molecule has 0 unspecified atom stereocenters. The van der Waals surface area contributed by atoms with Crippen LogP contribution in [0.2, 0.25) is 10.0 Å². The number of aromatic nitrogens is 2. The topological polar surface area (TPSA) is 81.2 Å². The SMILES string of the molecule is CC(C)COc1ccc(-c2ccc(NS(=O)(=O)c3ccc(Cl)c(Cl)c3)cc2)nn1. The van der Waals surface area contributed by atoms with E-state index >= 15 is 0 Å². The molecule has 29 heavy (non-hydrogen) atoms. The van der Waals surface area contributed by atoms with Crippen LogP contribution >= 0.6 is 23.2 Å². The van der Waals surface area contributed by atoms with E-state index in [0.717, 1.165) is 5.56 Å². The van der Waals surface area contributed by atoms with Crippen molar-refractivity contribution in [2.45, 2.75) is 18.7 Å². The Morgan fingerprint density at radius 2 is 1.69 bits per heavy atom. The number of halogens is 2. The van der Waals surface area contributed by atoms with Gasteiger partial charge in [0, 0.05) is 17.3 Å². The van der Waals surface area contributed by atoms with Gasteiger partial charge in [-0.3, -0.25) is 4.72 Å². The van der Waals surface area contributed by atoms with Crippen LogP contribution in [0.15, 0.2) is 59.5 Å². The highest BCUT2D eigenvalue weighted by atomic mass is 35.5. The third kappa shape index (κ3) is 5.59. The maximum Gasteiger partial charge on any atom is 0.261 e. The number of sulfonamides is 1. The molecule has 0 saturated carbocycles. The molecule has 2 aromatic carbocycles. The number of hydrogen-bond donors (Lipinski definition) is 1. The molecule has 1 N–H and O–H groups in total. The van der Waals surface area contributed by atoms with Crippen LogP contribution < -0.4 is 9.46 Å². The zero-order valence-electron chi connectivity index (χ0n) is 15.8. The molecule has 0 atom stereocenters. The van der Waals surface area contributed by atoms with Crippen molar-refractivity contribution in [3.8, 4) is 17.1 Å². The minimum Gasteiger partial charge on any atom is -0.476 e. The summed E-state index contributed by atoms with van der Waals surface area (Å²) in [5, 5.41) is 8.67. The zero-order valence-corrected chi connectivity index (χ0v) is 18.1. The molecule has 152 valence electrons. The van der Waals surface area contributed by atoms with Crippen molar-refractivity contribution in [3.63, 3.8) is 0 Å². The summed E-state index contributed by atoms with van der Waals surface area (Å²) in [6, 6.07) is 14.5. The van der Waals surface area contributed by atoms with Crippen molar-refractivity contribution in [1.29, 1.82) is 0 Å². The lowest BCUT2D eigenvalue weighted by atomic mass is 10.1. The Morgan fingerprint density at radius 3 is 2.28 bits per heavy atom. The Morgan fingerprint density at radius 1 is 0.966 bits per heavy atom. The first-order valence-electron chi connectivity index (χ1n) is 8.79. The number of ether oxygens (including phenoxy) is 1. The van der Waals surface area contributed by atoms with Crippen LogP contribution in [0, 0.1) is 5.92 Å². The summed E-state index contributed by atoms with van der Waals surface area (Å²) in [5.74, 6) is 0.866. The van der Waals surface area contributed by atoms with Gasteiger partial charge in [-0.25, -0.2) is 8.42 Å². The largest absolute Gasteiger partial charge is 0.476 e. The average molecular weight is 452 g/mol. The summed E-state index contributed by atoms with van der Waals surface area (Å²) in [5.41, 5.74) is 1.86. The van der Waals surface area contributed by atoms with Crippen LogP contribution in [0.25, 0.3) is 11.3 Å². The summed E-state index contributed by atoms with van der Waals surface area (Å²) in [7, 11) is -3.79. The molecule has 0 aliphatic rings. The molecule has 3 rings (SSSR count). The van der Waals surface area contributed by atoms with Crippen molar-refractivity contribution < 1.29 is 13.2 Å². The molecule has 0 radical (unpaired) electrons. The van der Waals surface area contributed by atoms with Crippen molar-refractivity contribution in [3.05, 3.63) is 64.6 Å². The maximum atomic E-state index is 12.5. The molecular weight excluding hydrogens is 433 g/mol. The Kier molecular flexibility index (Phi) is 6.62. The van der Waals surface area contributed by atoms with E-state index in [1.165, 1.54) is 18.2 Å². The van der Waals surface area contributed by atoms with E-state index < -0.39 is 10.0 Å². The minimum absolute atomic E-state index is 0.0267. The highest BCUT2D eigenvalue weighted by Crippen LogP contribution is 2.27. The van der Waals surface area contributed by atoms with E-state index in [1.807, 2.05) is 0 Å².